The fourth-order valence-corrected chi connectivity index (χ4v) is 4.28. The highest BCUT2D eigenvalue weighted by Crippen LogP contribution is 2.34. The highest BCUT2D eigenvalue weighted by molar-refractivity contribution is 6.05. The highest BCUT2D eigenvalue weighted by Gasteiger charge is 2.40. The van der Waals surface area contributed by atoms with Gasteiger partial charge in [-0.25, -0.2) is 0 Å². The summed E-state index contributed by atoms with van der Waals surface area (Å²) in [7, 11) is 0. The third-order valence-corrected chi connectivity index (χ3v) is 6.11. The minimum Gasteiger partial charge on any atom is -0.489 e. The molecule has 3 aliphatic heterocycles. The quantitative estimate of drug-likeness (QED) is 0.674. The van der Waals surface area contributed by atoms with Crippen LogP contribution in [0.25, 0.3) is 0 Å². The Balaban J connectivity index is 1.34. The van der Waals surface area contributed by atoms with Crippen molar-refractivity contribution in [3.8, 4) is 5.75 Å². The summed E-state index contributed by atoms with van der Waals surface area (Å²) in [6.45, 7) is 2.91. The van der Waals surface area contributed by atoms with Crippen LogP contribution >= 0.6 is 0 Å². The Labute approximate surface area is 196 Å². The largest absolute Gasteiger partial charge is 0.489 e. The Kier molecular flexibility index (Phi) is 5.15. The van der Waals surface area contributed by atoms with Crippen molar-refractivity contribution in [3.63, 3.8) is 0 Å². The van der Waals surface area contributed by atoms with Crippen LogP contribution in [0.2, 0.25) is 0 Å². The van der Waals surface area contributed by atoms with E-state index in [4.69, 9.17) is 13.6 Å². The van der Waals surface area contributed by atoms with Gasteiger partial charge in [0.05, 0.1) is 23.8 Å². The number of rotatable bonds is 6. The molecule has 1 N–H and O–H groups in total. The van der Waals surface area contributed by atoms with Crippen molar-refractivity contribution < 1.29 is 28.0 Å². The maximum atomic E-state index is 13.2. The van der Waals surface area contributed by atoms with Gasteiger partial charge in [-0.2, -0.15) is 0 Å². The van der Waals surface area contributed by atoms with Crippen LogP contribution in [0.4, 0.5) is 0 Å². The smallest absolute Gasteiger partial charge is 0.255 e. The molecular formula is C25H27N3O5. The van der Waals surface area contributed by atoms with Crippen LogP contribution in [0, 0.1) is 0 Å². The van der Waals surface area contributed by atoms with Crippen LogP contribution in [0.1, 0.15) is 44.0 Å². The third kappa shape index (κ3) is 4.62. The molecule has 3 amide bonds. The molecule has 2 saturated heterocycles. The van der Waals surface area contributed by atoms with Gasteiger partial charge in [0.2, 0.25) is 11.8 Å². The first-order valence-corrected chi connectivity index (χ1v) is 11.1. The zero-order valence-electron chi connectivity index (χ0n) is 21.1. The number of nitrogens with one attached hydrogen (secondary N) is 1. The van der Waals surface area contributed by atoms with Gasteiger partial charge in [0, 0.05) is 37.2 Å². The molecule has 0 radical (unpaired) electrons. The molecule has 2 unspecified atom stereocenters. The first-order chi connectivity index (χ1) is 17.3. The minimum atomic E-state index is -1.32. The SMILES string of the molecule is [2H]c1cc([2H])c2c(c1OCc1ccc(CN3CCOCC3)cc1)C([2H])N(C1CCC(=O)NC1=O)C2=O. The van der Waals surface area contributed by atoms with Crippen LogP contribution < -0.4 is 10.1 Å². The predicted octanol–water partition coefficient (Wildman–Crippen LogP) is 1.86. The molecule has 8 nitrogen and oxygen atoms in total. The lowest BCUT2D eigenvalue weighted by molar-refractivity contribution is -0.136. The molecule has 0 aliphatic carbocycles. The van der Waals surface area contributed by atoms with Gasteiger partial charge in [-0.3, -0.25) is 24.6 Å². The number of hydrogen-bond donors (Lipinski definition) is 1. The van der Waals surface area contributed by atoms with E-state index in [2.05, 4.69) is 10.2 Å². The molecular weight excluding hydrogens is 422 g/mol. The molecule has 5 rings (SSSR count). The van der Waals surface area contributed by atoms with E-state index in [1.165, 1.54) is 6.07 Å². The normalized spacial score (nSPS) is 24.7. The lowest BCUT2D eigenvalue weighted by atomic mass is 10.0. The number of nitrogens with zero attached hydrogens (tertiary/aromatic N) is 2. The molecule has 33 heavy (non-hydrogen) atoms. The Morgan fingerprint density at radius 3 is 2.64 bits per heavy atom. The number of amides is 3. The van der Waals surface area contributed by atoms with Crippen LogP contribution in [-0.2, 0) is 34.0 Å². The Morgan fingerprint density at radius 1 is 1.12 bits per heavy atom. The van der Waals surface area contributed by atoms with Crippen molar-refractivity contribution in [2.24, 2.45) is 0 Å². The zero-order valence-corrected chi connectivity index (χ0v) is 18.1. The standard InChI is InChI=1S/C25H27N3O5/c29-23-9-8-21(24(30)26-23)28-15-20-19(25(28)31)2-1-3-22(20)33-16-18-6-4-17(5-7-18)14-27-10-12-32-13-11-27/h1-7,21H,8-16H2,(H,26,29,30)/i2D,3D,15D. The van der Waals surface area contributed by atoms with Crippen molar-refractivity contribution in [3.05, 3.63) is 64.7 Å². The van der Waals surface area contributed by atoms with E-state index in [9.17, 15) is 14.4 Å². The average Bonchev–Trinajstić information content (AvgIpc) is 3.11. The maximum absolute atomic E-state index is 13.2. The molecule has 2 aromatic carbocycles. The van der Waals surface area contributed by atoms with E-state index >= 15 is 0 Å². The van der Waals surface area contributed by atoms with Gasteiger partial charge in [-0.1, -0.05) is 30.3 Å². The molecule has 8 heteroatoms. The van der Waals surface area contributed by atoms with Crippen LogP contribution in [0.5, 0.6) is 5.75 Å². The van der Waals surface area contributed by atoms with Crippen molar-refractivity contribution in [1.29, 1.82) is 0 Å². The Bertz CT molecular complexity index is 1200. The number of fused-ring (bicyclic) bond motifs is 1. The summed E-state index contributed by atoms with van der Waals surface area (Å²) < 4.78 is 36.7. The van der Waals surface area contributed by atoms with Gasteiger partial charge < -0.3 is 14.4 Å². The Morgan fingerprint density at radius 2 is 1.88 bits per heavy atom. The number of carbonyl (C=O) groups excluding carboxylic acids is 3. The number of carbonyl (C=O) groups is 3. The van der Waals surface area contributed by atoms with Crippen LogP contribution in [0.15, 0.2) is 42.4 Å². The van der Waals surface area contributed by atoms with E-state index in [0.717, 1.165) is 48.9 Å². The van der Waals surface area contributed by atoms with E-state index in [1.807, 2.05) is 24.3 Å². The summed E-state index contributed by atoms with van der Waals surface area (Å²) in [5, 5.41) is 2.21. The second kappa shape index (κ2) is 9.33. The molecule has 0 aromatic heterocycles. The van der Waals surface area contributed by atoms with Crippen molar-refractivity contribution in [2.45, 2.75) is 38.6 Å². The lowest BCUT2D eigenvalue weighted by Gasteiger charge is -2.29. The number of benzene rings is 2. The summed E-state index contributed by atoms with van der Waals surface area (Å²) in [4.78, 5) is 40.5. The van der Waals surface area contributed by atoms with Crippen molar-refractivity contribution in [2.75, 3.05) is 26.3 Å². The molecule has 2 fully saturated rings. The number of piperidine rings is 1. The summed E-state index contributed by atoms with van der Waals surface area (Å²) in [5.74, 6) is -1.64. The Hall–Kier alpha value is -3.23. The monoisotopic (exact) mass is 452 g/mol. The van der Waals surface area contributed by atoms with Crippen molar-refractivity contribution >= 4 is 17.7 Å². The topological polar surface area (TPSA) is 88.2 Å². The van der Waals surface area contributed by atoms with Gasteiger partial charge in [0.15, 0.2) is 0 Å². The van der Waals surface area contributed by atoms with Gasteiger partial charge >= 0.3 is 0 Å². The van der Waals surface area contributed by atoms with Gasteiger partial charge in [0.1, 0.15) is 18.4 Å². The van der Waals surface area contributed by atoms with Gasteiger partial charge in [-0.05, 0) is 29.6 Å². The summed E-state index contributed by atoms with van der Waals surface area (Å²) >= 11 is 0. The summed E-state index contributed by atoms with van der Waals surface area (Å²) in [6, 6.07) is 7.87. The number of hydrogen-bond acceptors (Lipinski definition) is 6. The molecule has 172 valence electrons. The fourth-order valence-electron chi connectivity index (χ4n) is 4.28. The molecule has 3 aliphatic rings. The van der Waals surface area contributed by atoms with E-state index in [-0.39, 0.29) is 48.4 Å². The van der Waals surface area contributed by atoms with Gasteiger partial charge in [-0.15, -0.1) is 0 Å². The van der Waals surface area contributed by atoms with E-state index in [0.29, 0.717) is 0 Å². The van der Waals surface area contributed by atoms with E-state index in [1.54, 1.807) is 0 Å². The molecule has 2 atom stereocenters. The highest BCUT2D eigenvalue weighted by atomic mass is 16.5. The average molecular weight is 453 g/mol. The second-order valence-corrected chi connectivity index (χ2v) is 8.35. The third-order valence-electron chi connectivity index (χ3n) is 6.11. The molecule has 0 bridgehead atoms. The zero-order chi connectivity index (χ0) is 25.4. The number of imide groups is 1. The van der Waals surface area contributed by atoms with Gasteiger partial charge in [0.25, 0.3) is 5.91 Å². The fraction of sp³-hybridized carbons (Fsp3) is 0.400. The second-order valence-electron chi connectivity index (χ2n) is 8.35. The number of ether oxygens (including phenoxy) is 2. The minimum absolute atomic E-state index is 0.0356. The van der Waals surface area contributed by atoms with Crippen LogP contribution in [0.3, 0.4) is 0 Å². The molecule has 0 saturated carbocycles. The maximum Gasteiger partial charge on any atom is 0.255 e. The summed E-state index contributed by atoms with van der Waals surface area (Å²) in [5.41, 5.74) is 2.10. The molecule has 0 spiro atoms. The van der Waals surface area contributed by atoms with E-state index < -0.39 is 30.3 Å². The number of morpholine rings is 1. The summed E-state index contributed by atoms with van der Waals surface area (Å²) in [6.07, 6.45) is 0.166. The predicted molar refractivity (Wildman–Crippen MR) is 119 cm³/mol. The van der Waals surface area contributed by atoms with Crippen molar-refractivity contribution in [1.82, 2.24) is 15.1 Å². The molecule has 3 heterocycles. The molecule has 2 aromatic rings. The first kappa shape index (κ1) is 18.2. The first-order valence-electron chi connectivity index (χ1n) is 12.6. The van der Waals surface area contributed by atoms with Crippen LogP contribution in [-0.4, -0.2) is 59.9 Å². The lowest BCUT2D eigenvalue weighted by Crippen LogP contribution is -2.52.